The minimum absolute atomic E-state index is 0.000269. The van der Waals surface area contributed by atoms with E-state index in [4.69, 9.17) is 0 Å². The third-order valence-electron chi connectivity index (χ3n) is 3.46. The number of rotatable bonds is 3. The van der Waals surface area contributed by atoms with Crippen molar-refractivity contribution in [2.75, 3.05) is 0 Å². The Labute approximate surface area is 121 Å². The summed E-state index contributed by atoms with van der Waals surface area (Å²) in [6, 6.07) is 14.4. The molecule has 1 heterocycles. The number of para-hydroxylation sites is 1. The highest BCUT2D eigenvalue weighted by Gasteiger charge is 2.10. The van der Waals surface area contributed by atoms with E-state index in [0.717, 1.165) is 5.56 Å². The largest absolute Gasteiger partial charge is 0.292 e. The van der Waals surface area contributed by atoms with Gasteiger partial charge in [0.1, 0.15) is 0 Å². The Balaban J connectivity index is 2.01. The third kappa shape index (κ3) is 2.48. The number of nitrogens with zero attached hydrogens (tertiary/aromatic N) is 2. The first-order chi connectivity index (χ1) is 10.2. The van der Waals surface area contributed by atoms with Crippen LogP contribution in [0.25, 0.3) is 10.9 Å². The Bertz CT molecular complexity index is 867. The summed E-state index contributed by atoms with van der Waals surface area (Å²) >= 11 is 0. The van der Waals surface area contributed by atoms with Gasteiger partial charge in [0.15, 0.2) is 5.78 Å². The van der Waals surface area contributed by atoms with Crippen LogP contribution in [-0.4, -0.2) is 15.3 Å². The molecule has 3 rings (SSSR count). The van der Waals surface area contributed by atoms with Crippen LogP contribution in [0.4, 0.5) is 0 Å². The van der Waals surface area contributed by atoms with Crippen molar-refractivity contribution >= 4 is 16.7 Å². The maximum atomic E-state index is 12.4. The molecule has 0 atom stereocenters. The molecule has 0 aliphatic heterocycles. The molecule has 0 bridgehead atoms. The zero-order valence-electron chi connectivity index (χ0n) is 11.6. The number of aryl methyl sites for hydroxylation is 1. The summed E-state index contributed by atoms with van der Waals surface area (Å²) in [4.78, 5) is 28.9. The average Bonchev–Trinajstić information content (AvgIpc) is 2.51. The van der Waals surface area contributed by atoms with Crippen molar-refractivity contribution in [1.29, 1.82) is 0 Å². The molecule has 0 saturated carbocycles. The number of aromatic nitrogens is 2. The van der Waals surface area contributed by atoms with Gasteiger partial charge in [-0.15, -0.1) is 0 Å². The first-order valence-corrected chi connectivity index (χ1v) is 6.70. The highest BCUT2D eigenvalue weighted by molar-refractivity contribution is 5.96. The Morgan fingerprint density at radius 3 is 2.62 bits per heavy atom. The van der Waals surface area contributed by atoms with E-state index in [-0.39, 0.29) is 17.9 Å². The van der Waals surface area contributed by atoms with E-state index in [1.54, 1.807) is 30.3 Å². The van der Waals surface area contributed by atoms with Crippen molar-refractivity contribution in [3.05, 3.63) is 76.3 Å². The lowest BCUT2D eigenvalue weighted by atomic mass is 10.1. The molecule has 0 unspecified atom stereocenters. The molecule has 0 aliphatic rings. The number of carbonyl (C=O) groups is 1. The maximum absolute atomic E-state index is 12.4. The molecule has 2 aromatic carbocycles. The molecule has 104 valence electrons. The van der Waals surface area contributed by atoms with Crippen LogP contribution in [0.15, 0.2) is 59.7 Å². The topological polar surface area (TPSA) is 52.0 Å². The van der Waals surface area contributed by atoms with Crippen LogP contribution in [0.1, 0.15) is 15.9 Å². The Hall–Kier alpha value is -2.75. The Morgan fingerprint density at radius 2 is 1.86 bits per heavy atom. The van der Waals surface area contributed by atoms with Gasteiger partial charge in [0, 0.05) is 5.56 Å². The van der Waals surface area contributed by atoms with Gasteiger partial charge in [0.2, 0.25) is 0 Å². The zero-order valence-corrected chi connectivity index (χ0v) is 11.6. The van der Waals surface area contributed by atoms with Crippen LogP contribution < -0.4 is 5.56 Å². The standard InChI is InChI=1S/C17H14N2O2/c1-12-6-5-9-14-16(12)18-11-19(17(14)21)10-15(20)13-7-3-2-4-8-13/h2-9,11H,10H2,1H3. The molecule has 0 spiro atoms. The molecular formula is C17H14N2O2. The molecule has 3 aromatic rings. The molecule has 0 amide bonds. The number of carbonyl (C=O) groups excluding carboxylic acids is 1. The highest BCUT2D eigenvalue weighted by Crippen LogP contribution is 2.11. The summed E-state index contributed by atoms with van der Waals surface area (Å²) < 4.78 is 1.36. The second-order valence-corrected chi connectivity index (χ2v) is 4.94. The first kappa shape index (κ1) is 13.2. The Morgan fingerprint density at radius 1 is 1.10 bits per heavy atom. The zero-order chi connectivity index (χ0) is 14.8. The minimum atomic E-state index is -0.187. The van der Waals surface area contributed by atoms with Gasteiger partial charge in [-0.2, -0.15) is 0 Å². The third-order valence-corrected chi connectivity index (χ3v) is 3.46. The molecular weight excluding hydrogens is 264 g/mol. The second-order valence-electron chi connectivity index (χ2n) is 4.94. The van der Waals surface area contributed by atoms with Crippen LogP contribution in [-0.2, 0) is 6.54 Å². The van der Waals surface area contributed by atoms with Crippen LogP contribution in [0, 0.1) is 6.92 Å². The lowest BCUT2D eigenvalue weighted by Gasteiger charge is -2.07. The molecule has 4 heteroatoms. The van der Waals surface area contributed by atoms with Gasteiger partial charge in [-0.25, -0.2) is 4.98 Å². The van der Waals surface area contributed by atoms with Crippen LogP contribution >= 0.6 is 0 Å². The van der Waals surface area contributed by atoms with E-state index >= 15 is 0 Å². The fraction of sp³-hybridized carbons (Fsp3) is 0.118. The Kier molecular flexibility index (Phi) is 3.36. The smallest absolute Gasteiger partial charge is 0.261 e. The molecule has 1 aromatic heterocycles. The fourth-order valence-corrected chi connectivity index (χ4v) is 2.32. The van der Waals surface area contributed by atoms with Crippen molar-refractivity contribution in [3.63, 3.8) is 0 Å². The molecule has 0 saturated heterocycles. The second kappa shape index (κ2) is 5.32. The van der Waals surface area contributed by atoms with Crippen molar-refractivity contribution in [2.24, 2.45) is 0 Å². The monoisotopic (exact) mass is 278 g/mol. The van der Waals surface area contributed by atoms with E-state index in [2.05, 4.69) is 4.98 Å². The number of Topliss-reactive ketones (excluding diaryl/α,β-unsaturated/α-hetero) is 1. The maximum Gasteiger partial charge on any atom is 0.261 e. The van der Waals surface area contributed by atoms with E-state index in [1.807, 2.05) is 25.1 Å². The van der Waals surface area contributed by atoms with Gasteiger partial charge < -0.3 is 0 Å². The average molecular weight is 278 g/mol. The molecule has 0 radical (unpaired) electrons. The van der Waals surface area contributed by atoms with Crippen LogP contribution in [0.5, 0.6) is 0 Å². The van der Waals surface area contributed by atoms with Crippen molar-refractivity contribution in [3.8, 4) is 0 Å². The number of ketones is 1. The van der Waals surface area contributed by atoms with Crippen molar-refractivity contribution in [2.45, 2.75) is 13.5 Å². The summed E-state index contributed by atoms with van der Waals surface area (Å²) in [6.45, 7) is 1.91. The molecule has 4 nitrogen and oxygen atoms in total. The molecule has 0 fully saturated rings. The number of hydrogen-bond acceptors (Lipinski definition) is 3. The summed E-state index contributed by atoms with van der Waals surface area (Å²) in [6.07, 6.45) is 1.44. The molecule has 0 aliphatic carbocycles. The van der Waals surface area contributed by atoms with Gasteiger partial charge in [-0.05, 0) is 18.6 Å². The highest BCUT2D eigenvalue weighted by atomic mass is 16.1. The van der Waals surface area contributed by atoms with Gasteiger partial charge in [0.05, 0.1) is 23.8 Å². The lowest BCUT2D eigenvalue weighted by Crippen LogP contribution is -2.24. The quantitative estimate of drug-likeness (QED) is 0.692. The van der Waals surface area contributed by atoms with Crippen LogP contribution in [0.3, 0.4) is 0 Å². The normalized spacial score (nSPS) is 10.7. The molecule has 0 N–H and O–H groups in total. The van der Waals surface area contributed by atoms with Crippen molar-refractivity contribution in [1.82, 2.24) is 9.55 Å². The summed E-state index contributed by atoms with van der Waals surface area (Å²) in [5.41, 5.74) is 2.04. The van der Waals surface area contributed by atoms with Gasteiger partial charge in [0.25, 0.3) is 5.56 Å². The summed E-state index contributed by atoms with van der Waals surface area (Å²) in [5.74, 6) is -0.105. The van der Waals surface area contributed by atoms with E-state index in [1.165, 1.54) is 10.9 Å². The van der Waals surface area contributed by atoms with Gasteiger partial charge in [-0.1, -0.05) is 42.5 Å². The van der Waals surface area contributed by atoms with Crippen molar-refractivity contribution < 1.29 is 4.79 Å². The van der Waals surface area contributed by atoms with E-state index in [0.29, 0.717) is 16.5 Å². The number of fused-ring (bicyclic) bond motifs is 1. The SMILES string of the molecule is Cc1cccc2c(=O)n(CC(=O)c3ccccc3)cnc12. The number of benzene rings is 2. The van der Waals surface area contributed by atoms with Gasteiger partial charge in [-0.3, -0.25) is 14.2 Å². The van der Waals surface area contributed by atoms with E-state index in [9.17, 15) is 9.59 Å². The van der Waals surface area contributed by atoms with Crippen LogP contribution in [0.2, 0.25) is 0 Å². The predicted molar refractivity (Wildman–Crippen MR) is 81.5 cm³/mol. The first-order valence-electron chi connectivity index (χ1n) is 6.70. The lowest BCUT2D eigenvalue weighted by molar-refractivity contribution is 0.0970. The summed E-state index contributed by atoms with van der Waals surface area (Å²) in [5, 5.41) is 0.540. The minimum Gasteiger partial charge on any atom is -0.292 e. The predicted octanol–water partition coefficient (Wildman–Crippen LogP) is 2.59. The molecule has 21 heavy (non-hydrogen) atoms. The summed E-state index contributed by atoms with van der Waals surface area (Å²) in [7, 11) is 0. The van der Waals surface area contributed by atoms with Gasteiger partial charge >= 0.3 is 0 Å². The van der Waals surface area contributed by atoms with E-state index < -0.39 is 0 Å². The fourth-order valence-electron chi connectivity index (χ4n) is 2.32. The number of hydrogen-bond donors (Lipinski definition) is 0.